The highest BCUT2D eigenvalue weighted by Crippen LogP contribution is 2.49. The van der Waals surface area contributed by atoms with Crippen molar-refractivity contribution in [2.45, 2.75) is 87.2 Å². The van der Waals surface area contributed by atoms with Gasteiger partial charge in [0.2, 0.25) is 0 Å². The molecule has 1 aromatic carbocycles. The predicted molar refractivity (Wildman–Crippen MR) is 126 cm³/mol. The van der Waals surface area contributed by atoms with Gasteiger partial charge in [-0.3, -0.25) is 4.98 Å². The molecular formula is C28H35N3O. The van der Waals surface area contributed by atoms with Gasteiger partial charge in [-0.15, -0.1) is 0 Å². The Balaban J connectivity index is 1.33. The molecule has 1 saturated carbocycles. The van der Waals surface area contributed by atoms with Crippen LogP contribution in [-0.2, 0) is 10.2 Å². The second-order valence-electron chi connectivity index (χ2n) is 10.2. The van der Waals surface area contributed by atoms with Crippen LogP contribution in [0.4, 0.5) is 0 Å². The molecule has 2 aromatic rings. The summed E-state index contributed by atoms with van der Waals surface area (Å²) in [5.41, 5.74) is 4.17. The molecule has 0 radical (unpaired) electrons. The van der Waals surface area contributed by atoms with Crippen LogP contribution in [0.5, 0.6) is 0 Å². The Bertz CT molecular complexity index is 947. The molecule has 0 amide bonds. The molecule has 5 rings (SSSR count). The molecule has 1 unspecified atom stereocenters. The minimum atomic E-state index is 0.0672. The van der Waals surface area contributed by atoms with Gasteiger partial charge in [0.15, 0.2) is 0 Å². The molecule has 2 fully saturated rings. The van der Waals surface area contributed by atoms with E-state index in [9.17, 15) is 5.26 Å². The fraction of sp³-hybridized carbons (Fsp3) is 0.571. The van der Waals surface area contributed by atoms with E-state index >= 15 is 0 Å². The second kappa shape index (κ2) is 9.33. The van der Waals surface area contributed by atoms with Gasteiger partial charge in [-0.25, -0.2) is 0 Å². The Kier molecular flexibility index (Phi) is 6.31. The van der Waals surface area contributed by atoms with Gasteiger partial charge in [0.25, 0.3) is 0 Å². The highest BCUT2D eigenvalue weighted by atomic mass is 16.5. The second-order valence-corrected chi connectivity index (χ2v) is 10.2. The maximum Gasteiger partial charge on any atom is 0.0691 e. The lowest BCUT2D eigenvalue weighted by atomic mass is 9.68. The quantitative estimate of drug-likeness (QED) is 0.616. The van der Waals surface area contributed by atoms with E-state index in [-0.39, 0.29) is 11.0 Å². The Morgan fingerprint density at radius 3 is 2.62 bits per heavy atom. The fourth-order valence-corrected chi connectivity index (χ4v) is 6.69. The van der Waals surface area contributed by atoms with Crippen molar-refractivity contribution in [2.75, 3.05) is 13.2 Å². The van der Waals surface area contributed by atoms with E-state index < -0.39 is 0 Å². The highest BCUT2D eigenvalue weighted by molar-refractivity contribution is 5.36. The Morgan fingerprint density at radius 2 is 1.84 bits per heavy atom. The first kappa shape index (κ1) is 21.6. The average molecular weight is 430 g/mol. The number of nitriles is 1. The van der Waals surface area contributed by atoms with Crippen molar-refractivity contribution in [2.24, 2.45) is 0 Å². The predicted octanol–water partition coefficient (Wildman–Crippen LogP) is 5.95. The molecule has 1 aliphatic heterocycles. The van der Waals surface area contributed by atoms with Crippen LogP contribution in [0, 0.1) is 11.3 Å². The van der Waals surface area contributed by atoms with E-state index in [1.807, 2.05) is 12.3 Å². The summed E-state index contributed by atoms with van der Waals surface area (Å²) in [6.07, 6.45) is 13.0. The molecule has 3 atom stereocenters. The number of fused-ring (bicyclic) bond motifs is 1. The van der Waals surface area contributed by atoms with Crippen LogP contribution in [0.3, 0.4) is 0 Å². The molecule has 1 aromatic heterocycles. The van der Waals surface area contributed by atoms with Crippen LogP contribution in [0.1, 0.15) is 93.0 Å². The first-order valence-corrected chi connectivity index (χ1v) is 12.5. The van der Waals surface area contributed by atoms with E-state index in [4.69, 9.17) is 9.72 Å². The summed E-state index contributed by atoms with van der Waals surface area (Å²) in [6.45, 7) is 1.83. The van der Waals surface area contributed by atoms with E-state index in [1.54, 1.807) is 0 Å². The van der Waals surface area contributed by atoms with Gasteiger partial charge in [0.05, 0.1) is 11.7 Å². The maximum absolute atomic E-state index is 9.24. The SMILES string of the molecule is N#CCC1CC[C@H](NCC[C@@]2(c3ccccn3)CCOC3(CCCC3)C2)c2ccccc21. The summed E-state index contributed by atoms with van der Waals surface area (Å²) in [5, 5.41) is 13.1. The van der Waals surface area contributed by atoms with Crippen molar-refractivity contribution >= 4 is 0 Å². The third kappa shape index (κ3) is 4.21. The zero-order chi connectivity index (χ0) is 21.9. The number of hydrogen-bond acceptors (Lipinski definition) is 4. The van der Waals surface area contributed by atoms with Crippen LogP contribution < -0.4 is 5.32 Å². The van der Waals surface area contributed by atoms with Crippen LogP contribution in [0.25, 0.3) is 0 Å². The zero-order valence-corrected chi connectivity index (χ0v) is 19.1. The number of rotatable bonds is 6. The van der Waals surface area contributed by atoms with Crippen molar-refractivity contribution in [1.82, 2.24) is 10.3 Å². The van der Waals surface area contributed by atoms with Gasteiger partial charge < -0.3 is 10.1 Å². The smallest absolute Gasteiger partial charge is 0.0691 e. The number of benzene rings is 1. The van der Waals surface area contributed by atoms with Crippen molar-refractivity contribution in [1.29, 1.82) is 5.26 Å². The van der Waals surface area contributed by atoms with Gasteiger partial charge >= 0.3 is 0 Å². The molecule has 2 aliphatic carbocycles. The summed E-state index contributed by atoms with van der Waals surface area (Å²) in [5.74, 6) is 0.381. The maximum atomic E-state index is 9.24. The molecular weight excluding hydrogens is 394 g/mol. The van der Waals surface area contributed by atoms with Gasteiger partial charge in [0, 0.05) is 36.4 Å². The van der Waals surface area contributed by atoms with Crippen molar-refractivity contribution in [3.8, 4) is 6.07 Å². The van der Waals surface area contributed by atoms with Crippen molar-refractivity contribution in [3.63, 3.8) is 0 Å². The molecule has 32 heavy (non-hydrogen) atoms. The van der Waals surface area contributed by atoms with Crippen LogP contribution in [0.15, 0.2) is 48.7 Å². The lowest BCUT2D eigenvalue weighted by Gasteiger charge is -2.46. The lowest BCUT2D eigenvalue weighted by molar-refractivity contribution is -0.104. The van der Waals surface area contributed by atoms with Gasteiger partial charge in [0.1, 0.15) is 0 Å². The lowest BCUT2D eigenvalue weighted by Crippen LogP contribution is -2.47. The third-order valence-electron chi connectivity index (χ3n) is 8.32. The summed E-state index contributed by atoms with van der Waals surface area (Å²) < 4.78 is 6.41. The van der Waals surface area contributed by atoms with E-state index in [0.717, 1.165) is 45.3 Å². The minimum absolute atomic E-state index is 0.0672. The topological polar surface area (TPSA) is 57.9 Å². The molecule has 168 valence electrons. The number of nitrogens with one attached hydrogen (secondary N) is 1. The molecule has 1 N–H and O–H groups in total. The van der Waals surface area contributed by atoms with Gasteiger partial charge in [-0.05, 0) is 80.7 Å². The largest absolute Gasteiger partial charge is 0.375 e. The minimum Gasteiger partial charge on any atom is -0.375 e. The van der Waals surface area contributed by atoms with E-state index in [0.29, 0.717) is 18.4 Å². The summed E-state index contributed by atoms with van der Waals surface area (Å²) in [6, 6.07) is 17.9. The molecule has 4 heteroatoms. The summed E-state index contributed by atoms with van der Waals surface area (Å²) >= 11 is 0. The van der Waals surface area contributed by atoms with Gasteiger partial charge in [-0.1, -0.05) is 43.2 Å². The summed E-state index contributed by atoms with van der Waals surface area (Å²) in [7, 11) is 0. The number of hydrogen-bond donors (Lipinski definition) is 1. The Labute approximate surface area is 192 Å². The fourth-order valence-electron chi connectivity index (χ4n) is 6.69. The first-order chi connectivity index (χ1) is 15.7. The first-order valence-electron chi connectivity index (χ1n) is 12.5. The van der Waals surface area contributed by atoms with Crippen molar-refractivity contribution in [3.05, 3.63) is 65.5 Å². The standard InChI is InChI=1S/C28H35N3O/c29-17-12-22-10-11-25(24-8-2-1-7-23(22)24)30-19-15-27(26-9-3-6-18-31-26)16-20-32-28(21-27)13-4-5-14-28/h1-3,6-9,18,22,25,30H,4-5,10-16,19-21H2/t22?,25-,27+/m0/s1. The van der Waals surface area contributed by atoms with Crippen LogP contribution in [0.2, 0.25) is 0 Å². The zero-order valence-electron chi connectivity index (χ0n) is 19.1. The number of aromatic nitrogens is 1. The third-order valence-corrected chi connectivity index (χ3v) is 8.32. The van der Waals surface area contributed by atoms with E-state index in [2.05, 4.69) is 47.8 Å². The number of ether oxygens (including phenoxy) is 1. The Morgan fingerprint density at radius 1 is 1.03 bits per heavy atom. The Hall–Kier alpha value is -2.22. The molecule has 4 nitrogen and oxygen atoms in total. The monoisotopic (exact) mass is 429 g/mol. The number of pyridine rings is 1. The molecule has 1 saturated heterocycles. The molecule has 0 bridgehead atoms. The highest BCUT2D eigenvalue weighted by Gasteiger charge is 2.48. The summed E-state index contributed by atoms with van der Waals surface area (Å²) in [4.78, 5) is 4.85. The number of nitrogens with zero attached hydrogens (tertiary/aromatic N) is 2. The van der Waals surface area contributed by atoms with Crippen LogP contribution >= 0.6 is 0 Å². The van der Waals surface area contributed by atoms with Crippen LogP contribution in [-0.4, -0.2) is 23.7 Å². The molecule has 2 heterocycles. The van der Waals surface area contributed by atoms with E-state index in [1.165, 1.54) is 42.5 Å². The average Bonchev–Trinajstić information content (AvgIpc) is 3.28. The molecule has 3 aliphatic rings. The normalized spacial score (nSPS) is 28.8. The molecule has 1 spiro atoms. The van der Waals surface area contributed by atoms with Gasteiger partial charge in [-0.2, -0.15) is 5.26 Å². The van der Waals surface area contributed by atoms with Crippen molar-refractivity contribution < 1.29 is 4.74 Å².